The highest BCUT2D eigenvalue weighted by atomic mass is 15.0. The van der Waals surface area contributed by atoms with Crippen molar-refractivity contribution in [1.29, 1.82) is 0 Å². The van der Waals surface area contributed by atoms with Crippen molar-refractivity contribution in [3.63, 3.8) is 0 Å². The van der Waals surface area contributed by atoms with Crippen molar-refractivity contribution in [3.05, 3.63) is 30.6 Å². The van der Waals surface area contributed by atoms with Crippen molar-refractivity contribution in [2.24, 2.45) is 11.8 Å². The van der Waals surface area contributed by atoms with E-state index in [1.54, 1.807) is 6.33 Å². The molecule has 1 aromatic heterocycles. The Kier molecular flexibility index (Phi) is 3.13. The first kappa shape index (κ1) is 11.5. The largest absolute Gasteiger partial charge is 0.369 e. The third kappa shape index (κ3) is 2.30. The summed E-state index contributed by atoms with van der Waals surface area (Å²) < 4.78 is 0. The molecular weight excluding hydrogens is 222 g/mol. The number of aromatic nitrogens is 2. The Morgan fingerprint density at radius 3 is 2.94 bits per heavy atom. The highest BCUT2D eigenvalue weighted by Gasteiger charge is 2.21. The molecule has 18 heavy (non-hydrogen) atoms. The van der Waals surface area contributed by atoms with Crippen molar-refractivity contribution in [2.45, 2.75) is 26.2 Å². The van der Waals surface area contributed by atoms with Gasteiger partial charge in [0.05, 0.1) is 5.52 Å². The van der Waals surface area contributed by atoms with E-state index in [1.807, 2.05) is 18.2 Å². The molecule has 0 amide bonds. The summed E-state index contributed by atoms with van der Waals surface area (Å²) in [4.78, 5) is 8.65. The summed E-state index contributed by atoms with van der Waals surface area (Å²) >= 11 is 0. The Balaban J connectivity index is 1.74. The second-order valence-electron chi connectivity index (χ2n) is 5.40. The first-order valence-electron chi connectivity index (χ1n) is 6.76. The quantitative estimate of drug-likeness (QED) is 0.894. The highest BCUT2D eigenvalue weighted by molar-refractivity contribution is 5.88. The molecule has 1 saturated carbocycles. The zero-order chi connectivity index (χ0) is 12.4. The standard InChI is InChI=1S/C15H19N3/c1-11-6-7-12(8-11)9-16-15-13-4-2-3-5-14(13)17-10-18-15/h2-5,10-12H,6-9H2,1H3,(H,16,17,18). The zero-order valence-corrected chi connectivity index (χ0v) is 10.8. The summed E-state index contributed by atoms with van der Waals surface area (Å²) in [5.74, 6) is 2.66. The van der Waals surface area contributed by atoms with Gasteiger partial charge in [0.15, 0.2) is 0 Å². The van der Waals surface area contributed by atoms with Crippen LogP contribution in [0.15, 0.2) is 30.6 Å². The zero-order valence-electron chi connectivity index (χ0n) is 10.8. The van der Waals surface area contributed by atoms with Crippen molar-refractivity contribution in [1.82, 2.24) is 9.97 Å². The molecule has 1 fully saturated rings. The number of benzene rings is 1. The van der Waals surface area contributed by atoms with Gasteiger partial charge in [0.1, 0.15) is 12.1 Å². The number of nitrogens with zero attached hydrogens (tertiary/aromatic N) is 2. The average Bonchev–Trinajstić information content (AvgIpc) is 2.82. The molecule has 1 heterocycles. The predicted octanol–water partition coefficient (Wildman–Crippen LogP) is 3.48. The highest BCUT2D eigenvalue weighted by Crippen LogP contribution is 2.30. The van der Waals surface area contributed by atoms with Crippen LogP contribution in [0.3, 0.4) is 0 Å². The lowest BCUT2D eigenvalue weighted by molar-refractivity contribution is 0.536. The molecule has 0 saturated heterocycles. The minimum Gasteiger partial charge on any atom is -0.369 e. The van der Waals surface area contributed by atoms with Crippen LogP contribution in [0.2, 0.25) is 0 Å². The van der Waals surface area contributed by atoms with Crippen LogP contribution in [0.1, 0.15) is 26.2 Å². The molecule has 2 aromatic rings. The van der Waals surface area contributed by atoms with Gasteiger partial charge in [0, 0.05) is 11.9 Å². The topological polar surface area (TPSA) is 37.8 Å². The lowest BCUT2D eigenvalue weighted by Gasteiger charge is -2.12. The summed E-state index contributed by atoms with van der Waals surface area (Å²) in [5.41, 5.74) is 1.01. The van der Waals surface area contributed by atoms with Crippen LogP contribution in [-0.4, -0.2) is 16.5 Å². The van der Waals surface area contributed by atoms with Gasteiger partial charge in [-0.25, -0.2) is 9.97 Å². The first-order valence-corrected chi connectivity index (χ1v) is 6.76. The fourth-order valence-electron chi connectivity index (χ4n) is 2.90. The van der Waals surface area contributed by atoms with E-state index in [0.29, 0.717) is 0 Å². The van der Waals surface area contributed by atoms with E-state index >= 15 is 0 Å². The van der Waals surface area contributed by atoms with E-state index in [9.17, 15) is 0 Å². The van der Waals surface area contributed by atoms with E-state index in [1.165, 1.54) is 19.3 Å². The lowest BCUT2D eigenvalue weighted by atomic mass is 10.1. The van der Waals surface area contributed by atoms with Gasteiger partial charge in [-0.3, -0.25) is 0 Å². The van der Waals surface area contributed by atoms with Crippen molar-refractivity contribution in [2.75, 3.05) is 11.9 Å². The van der Waals surface area contributed by atoms with E-state index in [0.717, 1.165) is 35.1 Å². The molecule has 1 aliphatic rings. The van der Waals surface area contributed by atoms with Crippen LogP contribution in [0.25, 0.3) is 10.9 Å². The molecule has 0 radical (unpaired) electrons. The van der Waals surface area contributed by atoms with Crippen LogP contribution in [0, 0.1) is 11.8 Å². The van der Waals surface area contributed by atoms with Crippen molar-refractivity contribution in [3.8, 4) is 0 Å². The Labute approximate surface area is 108 Å². The lowest BCUT2D eigenvalue weighted by Crippen LogP contribution is -2.12. The Hall–Kier alpha value is -1.64. The van der Waals surface area contributed by atoms with Gasteiger partial charge in [-0.15, -0.1) is 0 Å². The molecule has 1 N–H and O–H groups in total. The number of hydrogen-bond acceptors (Lipinski definition) is 3. The number of para-hydroxylation sites is 1. The van der Waals surface area contributed by atoms with E-state index in [-0.39, 0.29) is 0 Å². The second kappa shape index (κ2) is 4.92. The third-order valence-corrected chi connectivity index (χ3v) is 3.90. The van der Waals surface area contributed by atoms with Gasteiger partial charge in [-0.2, -0.15) is 0 Å². The van der Waals surface area contributed by atoms with E-state index in [4.69, 9.17) is 0 Å². The maximum Gasteiger partial charge on any atom is 0.137 e. The first-order chi connectivity index (χ1) is 8.83. The SMILES string of the molecule is CC1CCC(CNc2ncnc3ccccc23)C1. The molecule has 0 bridgehead atoms. The fourth-order valence-corrected chi connectivity index (χ4v) is 2.90. The summed E-state index contributed by atoms with van der Waals surface area (Å²) in [6, 6.07) is 8.15. The molecule has 3 nitrogen and oxygen atoms in total. The van der Waals surface area contributed by atoms with Crippen LogP contribution < -0.4 is 5.32 Å². The molecule has 1 aliphatic carbocycles. The fraction of sp³-hybridized carbons (Fsp3) is 0.467. The normalized spacial score (nSPS) is 23.4. The second-order valence-corrected chi connectivity index (χ2v) is 5.40. The molecular formula is C15H19N3. The Morgan fingerprint density at radius 1 is 1.22 bits per heavy atom. The molecule has 94 valence electrons. The number of fused-ring (bicyclic) bond motifs is 1. The van der Waals surface area contributed by atoms with Gasteiger partial charge in [0.25, 0.3) is 0 Å². The van der Waals surface area contributed by atoms with E-state index < -0.39 is 0 Å². The molecule has 3 heteroatoms. The monoisotopic (exact) mass is 241 g/mol. The van der Waals surface area contributed by atoms with E-state index in [2.05, 4.69) is 28.3 Å². The predicted molar refractivity (Wildman–Crippen MR) is 74.5 cm³/mol. The number of anilines is 1. The molecule has 0 aliphatic heterocycles. The van der Waals surface area contributed by atoms with Gasteiger partial charge in [0.2, 0.25) is 0 Å². The summed E-state index contributed by atoms with van der Waals surface area (Å²) in [6.07, 6.45) is 5.70. The van der Waals surface area contributed by atoms with Gasteiger partial charge >= 0.3 is 0 Å². The summed E-state index contributed by atoms with van der Waals surface area (Å²) in [5, 5.41) is 4.62. The third-order valence-electron chi connectivity index (χ3n) is 3.90. The number of rotatable bonds is 3. The molecule has 2 atom stereocenters. The summed E-state index contributed by atoms with van der Waals surface area (Å²) in [7, 11) is 0. The van der Waals surface area contributed by atoms with Gasteiger partial charge in [-0.1, -0.05) is 25.5 Å². The van der Waals surface area contributed by atoms with Crippen LogP contribution in [0.4, 0.5) is 5.82 Å². The van der Waals surface area contributed by atoms with Crippen LogP contribution in [-0.2, 0) is 0 Å². The minimum absolute atomic E-state index is 0.800. The van der Waals surface area contributed by atoms with Crippen molar-refractivity contribution >= 4 is 16.7 Å². The smallest absolute Gasteiger partial charge is 0.137 e. The molecule has 1 aromatic carbocycles. The summed E-state index contributed by atoms with van der Waals surface area (Å²) in [6.45, 7) is 3.38. The van der Waals surface area contributed by atoms with Crippen molar-refractivity contribution < 1.29 is 0 Å². The van der Waals surface area contributed by atoms with Crippen LogP contribution in [0.5, 0.6) is 0 Å². The van der Waals surface area contributed by atoms with Gasteiger partial charge < -0.3 is 5.32 Å². The average molecular weight is 241 g/mol. The number of nitrogens with one attached hydrogen (secondary N) is 1. The molecule has 2 unspecified atom stereocenters. The maximum atomic E-state index is 4.36. The Bertz CT molecular complexity index is 533. The van der Waals surface area contributed by atoms with Crippen LogP contribution >= 0.6 is 0 Å². The Morgan fingerprint density at radius 2 is 2.11 bits per heavy atom. The molecule has 0 spiro atoms. The minimum atomic E-state index is 0.800. The maximum absolute atomic E-state index is 4.36. The molecule has 3 rings (SSSR count). The van der Waals surface area contributed by atoms with Gasteiger partial charge in [-0.05, 0) is 36.8 Å². The number of hydrogen-bond donors (Lipinski definition) is 1.